The summed E-state index contributed by atoms with van der Waals surface area (Å²) in [6.45, 7) is 2.01. The molecular weight excluding hydrogens is 294 g/mol. The molecule has 0 aliphatic heterocycles. The molecule has 21 heavy (non-hydrogen) atoms. The van der Waals surface area contributed by atoms with Gasteiger partial charge < -0.3 is 20.3 Å². The van der Waals surface area contributed by atoms with Crippen molar-refractivity contribution in [2.24, 2.45) is 0 Å². The summed E-state index contributed by atoms with van der Waals surface area (Å²) >= 11 is 0. The van der Waals surface area contributed by atoms with Crippen LogP contribution in [0.25, 0.3) is 0 Å². The Morgan fingerprint density at radius 2 is 1.90 bits per heavy atom. The van der Waals surface area contributed by atoms with E-state index in [1.165, 1.54) is 12.1 Å². The predicted octanol–water partition coefficient (Wildman–Crippen LogP) is 0.112. The van der Waals surface area contributed by atoms with Crippen molar-refractivity contribution in [3.8, 4) is 0 Å². The van der Waals surface area contributed by atoms with E-state index in [9.17, 15) is 13.5 Å². The van der Waals surface area contributed by atoms with Crippen LogP contribution in [-0.2, 0) is 14.6 Å². The van der Waals surface area contributed by atoms with E-state index in [-0.39, 0.29) is 11.5 Å². The third-order valence-electron chi connectivity index (χ3n) is 2.91. The van der Waals surface area contributed by atoms with E-state index in [1.54, 1.807) is 12.1 Å². The molecule has 0 fully saturated rings. The zero-order valence-corrected chi connectivity index (χ0v) is 13.0. The van der Waals surface area contributed by atoms with Gasteiger partial charge >= 0.3 is 0 Å². The van der Waals surface area contributed by atoms with Gasteiger partial charge in [-0.3, -0.25) is 0 Å². The van der Waals surface area contributed by atoms with Crippen LogP contribution in [0.15, 0.2) is 29.2 Å². The molecule has 1 aromatic carbocycles. The summed E-state index contributed by atoms with van der Waals surface area (Å²) < 4.78 is 27.8. The zero-order valence-electron chi connectivity index (χ0n) is 12.2. The van der Waals surface area contributed by atoms with Gasteiger partial charge in [-0.25, -0.2) is 8.42 Å². The molecule has 0 saturated heterocycles. The molecule has 7 heteroatoms. The summed E-state index contributed by atoms with van der Waals surface area (Å²) in [5.74, 6) is 0. The van der Waals surface area contributed by atoms with E-state index in [0.29, 0.717) is 31.9 Å². The number of rotatable bonds is 10. The fourth-order valence-electron chi connectivity index (χ4n) is 1.76. The lowest BCUT2D eigenvalue weighted by Gasteiger charge is -2.12. The average molecular weight is 317 g/mol. The third kappa shape index (κ3) is 7.01. The van der Waals surface area contributed by atoms with Crippen molar-refractivity contribution in [1.29, 1.82) is 0 Å². The van der Waals surface area contributed by atoms with E-state index < -0.39 is 15.9 Å². The molecule has 0 aliphatic rings. The highest BCUT2D eigenvalue weighted by atomic mass is 32.2. The smallest absolute Gasteiger partial charge is 0.175 e. The summed E-state index contributed by atoms with van der Waals surface area (Å²) in [5.41, 5.74) is 0.673. The fraction of sp³-hybridized carbons (Fsp3) is 0.571. The number of aliphatic hydroxyl groups is 2. The van der Waals surface area contributed by atoms with Gasteiger partial charge in [0.25, 0.3) is 0 Å². The third-order valence-corrected chi connectivity index (χ3v) is 4.04. The molecule has 0 aromatic heterocycles. The van der Waals surface area contributed by atoms with Crippen LogP contribution in [0.2, 0.25) is 0 Å². The minimum atomic E-state index is -3.21. The molecule has 0 heterocycles. The van der Waals surface area contributed by atoms with Gasteiger partial charge in [-0.1, -0.05) is 12.1 Å². The van der Waals surface area contributed by atoms with E-state index >= 15 is 0 Å². The summed E-state index contributed by atoms with van der Waals surface area (Å²) in [7, 11) is -3.21. The van der Waals surface area contributed by atoms with E-state index in [0.717, 1.165) is 12.7 Å². The van der Waals surface area contributed by atoms with Gasteiger partial charge in [-0.05, 0) is 30.7 Å². The molecule has 1 aromatic rings. The zero-order chi connectivity index (χ0) is 15.7. The van der Waals surface area contributed by atoms with Crippen LogP contribution >= 0.6 is 0 Å². The van der Waals surface area contributed by atoms with Crippen LogP contribution in [-0.4, -0.2) is 57.8 Å². The molecule has 0 aliphatic carbocycles. The van der Waals surface area contributed by atoms with Crippen molar-refractivity contribution < 1.29 is 23.4 Å². The first-order valence-electron chi connectivity index (χ1n) is 6.82. The van der Waals surface area contributed by atoms with E-state index in [1.807, 2.05) is 0 Å². The van der Waals surface area contributed by atoms with Gasteiger partial charge in [-0.2, -0.15) is 0 Å². The van der Waals surface area contributed by atoms with Gasteiger partial charge in [0.1, 0.15) is 0 Å². The van der Waals surface area contributed by atoms with Gasteiger partial charge in [-0.15, -0.1) is 0 Å². The number of aliphatic hydroxyl groups excluding tert-OH is 2. The molecule has 6 nitrogen and oxygen atoms in total. The summed E-state index contributed by atoms with van der Waals surface area (Å²) in [6, 6.07) is 6.23. The fourth-order valence-corrected chi connectivity index (χ4v) is 2.39. The number of ether oxygens (including phenoxy) is 1. The van der Waals surface area contributed by atoms with Crippen LogP contribution in [0.5, 0.6) is 0 Å². The molecule has 1 rings (SSSR count). The standard InChI is InChI=1S/C14H23NO5S/c1-21(18,19)13-5-3-12(4-6-13)14(17)11-15-7-2-9-20-10-8-16/h3-6,14-17H,2,7-11H2,1H3. The second-order valence-electron chi connectivity index (χ2n) is 4.75. The SMILES string of the molecule is CS(=O)(=O)c1ccc(C(O)CNCCCOCCO)cc1. The Labute approximate surface area is 125 Å². The molecule has 0 saturated carbocycles. The van der Waals surface area contributed by atoms with Gasteiger partial charge in [0.15, 0.2) is 9.84 Å². The van der Waals surface area contributed by atoms with Crippen LogP contribution in [0.4, 0.5) is 0 Å². The van der Waals surface area contributed by atoms with Gasteiger partial charge in [0.2, 0.25) is 0 Å². The molecule has 0 amide bonds. The van der Waals surface area contributed by atoms with Crippen molar-refractivity contribution in [1.82, 2.24) is 5.32 Å². The van der Waals surface area contributed by atoms with E-state index in [4.69, 9.17) is 9.84 Å². The van der Waals surface area contributed by atoms with Crippen LogP contribution in [0.3, 0.4) is 0 Å². The lowest BCUT2D eigenvalue weighted by atomic mass is 10.1. The summed E-state index contributed by atoms with van der Waals surface area (Å²) in [6.07, 6.45) is 1.26. The maximum absolute atomic E-state index is 11.3. The number of hydrogen-bond donors (Lipinski definition) is 3. The Hall–Kier alpha value is -0.990. The second-order valence-corrected chi connectivity index (χ2v) is 6.77. The highest BCUT2D eigenvalue weighted by Gasteiger charge is 2.10. The van der Waals surface area contributed by atoms with Crippen LogP contribution in [0, 0.1) is 0 Å². The lowest BCUT2D eigenvalue weighted by Crippen LogP contribution is -2.23. The summed E-state index contributed by atoms with van der Waals surface area (Å²) in [4.78, 5) is 0.243. The minimum absolute atomic E-state index is 0.0234. The first-order valence-corrected chi connectivity index (χ1v) is 8.71. The van der Waals surface area contributed by atoms with Crippen molar-refractivity contribution >= 4 is 9.84 Å². The number of hydrogen-bond acceptors (Lipinski definition) is 6. The molecule has 120 valence electrons. The molecule has 0 spiro atoms. The van der Waals surface area contributed by atoms with Crippen molar-refractivity contribution in [2.75, 3.05) is 39.2 Å². The largest absolute Gasteiger partial charge is 0.394 e. The highest BCUT2D eigenvalue weighted by molar-refractivity contribution is 7.90. The quantitative estimate of drug-likeness (QED) is 0.530. The Bertz CT molecular complexity index is 501. The lowest BCUT2D eigenvalue weighted by molar-refractivity contribution is 0.0899. The van der Waals surface area contributed by atoms with Crippen LogP contribution in [0.1, 0.15) is 18.1 Å². The van der Waals surface area contributed by atoms with Crippen LogP contribution < -0.4 is 5.32 Å². The predicted molar refractivity (Wildman–Crippen MR) is 79.9 cm³/mol. The van der Waals surface area contributed by atoms with Crippen molar-refractivity contribution in [3.05, 3.63) is 29.8 Å². The Morgan fingerprint density at radius 3 is 2.48 bits per heavy atom. The average Bonchev–Trinajstić information content (AvgIpc) is 2.45. The normalized spacial score (nSPS) is 13.3. The first kappa shape index (κ1) is 18.1. The minimum Gasteiger partial charge on any atom is -0.394 e. The second kappa shape index (κ2) is 9.11. The number of benzene rings is 1. The summed E-state index contributed by atoms with van der Waals surface area (Å²) in [5, 5.41) is 21.6. The topological polar surface area (TPSA) is 95.9 Å². The van der Waals surface area contributed by atoms with Gasteiger partial charge in [0, 0.05) is 19.4 Å². The maximum atomic E-state index is 11.3. The van der Waals surface area contributed by atoms with Crippen molar-refractivity contribution in [3.63, 3.8) is 0 Å². The molecule has 3 N–H and O–H groups in total. The monoisotopic (exact) mass is 317 g/mol. The Kier molecular flexibility index (Phi) is 7.84. The molecule has 1 atom stereocenters. The Balaban J connectivity index is 2.31. The molecule has 0 radical (unpaired) electrons. The maximum Gasteiger partial charge on any atom is 0.175 e. The van der Waals surface area contributed by atoms with Crippen molar-refractivity contribution in [2.45, 2.75) is 17.4 Å². The molecule has 0 bridgehead atoms. The highest BCUT2D eigenvalue weighted by Crippen LogP contribution is 2.15. The Morgan fingerprint density at radius 1 is 1.24 bits per heavy atom. The molecular formula is C14H23NO5S. The number of nitrogens with one attached hydrogen (secondary N) is 1. The van der Waals surface area contributed by atoms with Gasteiger partial charge in [0.05, 0.1) is 24.2 Å². The number of sulfone groups is 1. The molecule has 1 unspecified atom stereocenters. The first-order chi connectivity index (χ1) is 9.95. The van der Waals surface area contributed by atoms with E-state index in [2.05, 4.69) is 5.32 Å².